The third-order valence-electron chi connectivity index (χ3n) is 4.10. The number of para-hydroxylation sites is 1. The molecule has 0 atom stereocenters. The Labute approximate surface area is 128 Å². The number of anilines is 1. The molecular weight excluding hydrogens is 268 g/mol. The monoisotopic (exact) mass is 294 g/mol. The molecule has 1 saturated carbocycles. The summed E-state index contributed by atoms with van der Waals surface area (Å²) in [5.74, 6) is 0.637. The van der Waals surface area contributed by atoms with Crippen molar-refractivity contribution in [3.8, 4) is 0 Å². The van der Waals surface area contributed by atoms with Gasteiger partial charge >= 0.3 is 0 Å². The van der Waals surface area contributed by atoms with Crippen molar-refractivity contribution < 1.29 is 0 Å². The number of hydrogen-bond donors (Lipinski definition) is 1. The first-order valence-electron chi connectivity index (χ1n) is 7.87. The highest BCUT2D eigenvalue weighted by Gasteiger charge is 2.26. The second-order valence-corrected chi connectivity index (χ2v) is 6.68. The Bertz CT molecular complexity index is 425. The van der Waals surface area contributed by atoms with E-state index in [0.29, 0.717) is 18.5 Å². The van der Waals surface area contributed by atoms with Gasteiger partial charge in [0.2, 0.25) is 0 Å². The lowest BCUT2D eigenvalue weighted by Crippen LogP contribution is -2.37. The van der Waals surface area contributed by atoms with Crippen LogP contribution in [0.4, 0.5) is 5.69 Å². The molecule has 1 aliphatic rings. The Kier molecular flexibility index (Phi) is 5.74. The molecule has 0 aromatic heterocycles. The van der Waals surface area contributed by atoms with Crippen LogP contribution in [0.15, 0.2) is 18.2 Å². The van der Waals surface area contributed by atoms with E-state index < -0.39 is 0 Å². The van der Waals surface area contributed by atoms with Crippen LogP contribution in [-0.4, -0.2) is 19.1 Å². The maximum Gasteiger partial charge on any atom is 0.0642 e. The van der Waals surface area contributed by atoms with E-state index in [1.807, 2.05) is 12.1 Å². The Morgan fingerprint density at radius 2 is 2.00 bits per heavy atom. The fraction of sp³-hybridized carbons (Fsp3) is 0.647. The number of hydrogen-bond acceptors (Lipinski definition) is 2. The molecule has 0 amide bonds. The van der Waals surface area contributed by atoms with Gasteiger partial charge in [0.25, 0.3) is 0 Å². The number of benzene rings is 1. The molecule has 3 heteroatoms. The van der Waals surface area contributed by atoms with E-state index >= 15 is 0 Å². The zero-order valence-corrected chi connectivity index (χ0v) is 13.5. The van der Waals surface area contributed by atoms with Gasteiger partial charge < -0.3 is 10.6 Å². The van der Waals surface area contributed by atoms with Gasteiger partial charge in [0.15, 0.2) is 0 Å². The molecule has 1 fully saturated rings. The molecule has 0 bridgehead atoms. The average Bonchev–Trinajstić information content (AvgIpc) is 2.91. The second kappa shape index (κ2) is 7.33. The summed E-state index contributed by atoms with van der Waals surface area (Å²) in [6.07, 6.45) is 6.17. The topological polar surface area (TPSA) is 29.3 Å². The van der Waals surface area contributed by atoms with Crippen molar-refractivity contribution in [2.24, 2.45) is 11.7 Å². The Morgan fingerprint density at radius 3 is 2.60 bits per heavy atom. The van der Waals surface area contributed by atoms with Crippen LogP contribution in [-0.2, 0) is 6.42 Å². The summed E-state index contributed by atoms with van der Waals surface area (Å²) in [6.45, 7) is 6.31. The highest BCUT2D eigenvalue weighted by atomic mass is 35.5. The molecule has 0 saturated heterocycles. The minimum absolute atomic E-state index is 0.637. The van der Waals surface area contributed by atoms with E-state index in [2.05, 4.69) is 24.8 Å². The maximum atomic E-state index is 6.54. The Balaban J connectivity index is 2.35. The second-order valence-electron chi connectivity index (χ2n) is 6.27. The normalized spacial score (nSPS) is 16.1. The molecule has 1 aliphatic carbocycles. The lowest BCUT2D eigenvalue weighted by Gasteiger charge is -2.35. The average molecular weight is 295 g/mol. The highest BCUT2D eigenvalue weighted by molar-refractivity contribution is 6.33. The molecule has 0 aliphatic heterocycles. The third kappa shape index (κ3) is 3.67. The molecule has 1 aromatic rings. The number of rotatable bonds is 6. The van der Waals surface area contributed by atoms with Crippen LogP contribution in [0.25, 0.3) is 0 Å². The zero-order chi connectivity index (χ0) is 14.5. The molecule has 2 rings (SSSR count). The third-order valence-corrected chi connectivity index (χ3v) is 4.40. The molecule has 0 heterocycles. The molecular formula is C17H27ClN2. The summed E-state index contributed by atoms with van der Waals surface area (Å²) >= 11 is 6.54. The van der Waals surface area contributed by atoms with E-state index in [1.54, 1.807) is 0 Å². The number of halogens is 1. The van der Waals surface area contributed by atoms with Crippen molar-refractivity contribution >= 4 is 17.3 Å². The first-order valence-corrected chi connectivity index (χ1v) is 8.25. The molecule has 0 radical (unpaired) electrons. The summed E-state index contributed by atoms with van der Waals surface area (Å²) in [4.78, 5) is 2.56. The van der Waals surface area contributed by atoms with Gasteiger partial charge in [0.05, 0.1) is 10.7 Å². The van der Waals surface area contributed by atoms with Gasteiger partial charge in [-0.15, -0.1) is 0 Å². The quantitative estimate of drug-likeness (QED) is 0.850. The summed E-state index contributed by atoms with van der Waals surface area (Å²) in [7, 11) is 0. The van der Waals surface area contributed by atoms with Gasteiger partial charge in [0.1, 0.15) is 0 Å². The van der Waals surface area contributed by atoms with Crippen molar-refractivity contribution in [1.82, 2.24) is 0 Å². The van der Waals surface area contributed by atoms with Crippen molar-refractivity contribution in [2.45, 2.75) is 52.0 Å². The van der Waals surface area contributed by atoms with E-state index in [-0.39, 0.29) is 0 Å². The number of nitrogens with zero attached hydrogens (tertiary/aromatic N) is 1. The van der Waals surface area contributed by atoms with Gasteiger partial charge in [-0.05, 0) is 43.4 Å². The van der Waals surface area contributed by atoms with Crippen LogP contribution in [0.1, 0.15) is 45.1 Å². The molecule has 112 valence electrons. The van der Waals surface area contributed by atoms with Gasteiger partial charge in [0, 0.05) is 12.6 Å². The van der Waals surface area contributed by atoms with Crippen LogP contribution < -0.4 is 10.6 Å². The first-order chi connectivity index (χ1) is 9.63. The fourth-order valence-electron chi connectivity index (χ4n) is 3.27. The molecule has 20 heavy (non-hydrogen) atoms. The van der Waals surface area contributed by atoms with Crippen molar-refractivity contribution in [3.63, 3.8) is 0 Å². The SMILES string of the molecule is CC(C)CN(c1c(Cl)cccc1CCN)C1CCCC1. The van der Waals surface area contributed by atoms with Crippen LogP contribution in [0.5, 0.6) is 0 Å². The van der Waals surface area contributed by atoms with E-state index in [9.17, 15) is 0 Å². The molecule has 2 nitrogen and oxygen atoms in total. The minimum atomic E-state index is 0.637. The van der Waals surface area contributed by atoms with E-state index in [4.69, 9.17) is 17.3 Å². The molecule has 2 N–H and O–H groups in total. The van der Waals surface area contributed by atoms with Gasteiger partial charge in [-0.1, -0.05) is 50.4 Å². The Hall–Kier alpha value is -0.730. The molecule has 0 spiro atoms. The fourth-order valence-corrected chi connectivity index (χ4v) is 3.57. The van der Waals surface area contributed by atoms with E-state index in [0.717, 1.165) is 18.0 Å². The summed E-state index contributed by atoms with van der Waals surface area (Å²) in [6, 6.07) is 6.88. The summed E-state index contributed by atoms with van der Waals surface area (Å²) in [5.41, 5.74) is 8.31. The van der Waals surface area contributed by atoms with Crippen LogP contribution in [0.2, 0.25) is 5.02 Å². The van der Waals surface area contributed by atoms with Gasteiger partial charge in [-0.3, -0.25) is 0 Å². The lowest BCUT2D eigenvalue weighted by molar-refractivity contribution is 0.534. The lowest BCUT2D eigenvalue weighted by atomic mass is 10.0. The largest absolute Gasteiger partial charge is 0.367 e. The predicted molar refractivity (Wildman–Crippen MR) is 88.7 cm³/mol. The van der Waals surface area contributed by atoms with Gasteiger partial charge in [-0.25, -0.2) is 0 Å². The highest BCUT2D eigenvalue weighted by Crippen LogP contribution is 2.36. The van der Waals surface area contributed by atoms with Crippen LogP contribution in [0.3, 0.4) is 0 Å². The first kappa shape index (κ1) is 15.7. The molecule has 0 unspecified atom stereocenters. The predicted octanol–water partition coefficient (Wildman–Crippen LogP) is 4.25. The van der Waals surface area contributed by atoms with Crippen LogP contribution in [0, 0.1) is 5.92 Å². The van der Waals surface area contributed by atoms with Crippen LogP contribution >= 0.6 is 11.6 Å². The smallest absolute Gasteiger partial charge is 0.0642 e. The summed E-state index contributed by atoms with van der Waals surface area (Å²) < 4.78 is 0. The van der Waals surface area contributed by atoms with Crippen molar-refractivity contribution in [3.05, 3.63) is 28.8 Å². The van der Waals surface area contributed by atoms with Crippen molar-refractivity contribution in [1.29, 1.82) is 0 Å². The standard InChI is InChI=1S/C17H27ClN2/c1-13(2)12-20(15-7-3-4-8-15)17-14(10-11-19)6-5-9-16(17)18/h5-6,9,13,15H,3-4,7-8,10-12,19H2,1-2H3. The van der Waals surface area contributed by atoms with Gasteiger partial charge in [-0.2, -0.15) is 0 Å². The van der Waals surface area contributed by atoms with E-state index in [1.165, 1.54) is 36.9 Å². The molecule has 1 aromatic carbocycles. The maximum absolute atomic E-state index is 6.54. The van der Waals surface area contributed by atoms with Crippen molar-refractivity contribution in [2.75, 3.05) is 18.0 Å². The number of nitrogens with two attached hydrogens (primary N) is 1. The Morgan fingerprint density at radius 1 is 1.30 bits per heavy atom. The zero-order valence-electron chi connectivity index (χ0n) is 12.7. The minimum Gasteiger partial charge on any atom is -0.367 e. The summed E-state index contributed by atoms with van der Waals surface area (Å²) in [5, 5.41) is 0.878.